The molecule has 1 aromatic rings. The fraction of sp³-hybridized carbons (Fsp3) is 0.706. The van der Waals surface area contributed by atoms with Gasteiger partial charge in [-0.3, -0.25) is 0 Å². The first-order valence-corrected chi connectivity index (χ1v) is 8.27. The van der Waals surface area contributed by atoms with Crippen LogP contribution in [0.5, 0.6) is 0 Å². The van der Waals surface area contributed by atoms with E-state index < -0.39 is 5.60 Å². The smallest absolute Gasteiger partial charge is 0.410 e. The summed E-state index contributed by atoms with van der Waals surface area (Å²) < 4.78 is 11.0. The van der Waals surface area contributed by atoms with Crippen molar-refractivity contribution in [2.45, 2.75) is 64.8 Å². The van der Waals surface area contributed by atoms with E-state index >= 15 is 0 Å². The molecule has 0 bridgehead atoms. The Balaban J connectivity index is 1.87. The molecule has 1 fully saturated rings. The summed E-state index contributed by atoms with van der Waals surface area (Å²) >= 11 is 0. The van der Waals surface area contributed by atoms with Gasteiger partial charge in [-0.05, 0) is 45.7 Å². The number of hydrogen-bond donors (Lipinski definition) is 2. The molecule has 1 aliphatic heterocycles. The predicted molar refractivity (Wildman–Crippen MR) is 86.9 cm³/mol. The monoisotopic (exact) mass is 324 g/mol. The third-order valence-corrected chi connectivity index (χ3v) is 3.76. The van der Waals surface area contributed by atoms with Crippen molar-refractivity contribution in [2.75, 3.05) is 13.1 Å². The van der Waals surface area contributed by atoms with E-state index in [2.05, 4.69) is 5.32 Å². The van der Waals surface area contributed by atoms with Gasteiger partial charge in [0.25, 0.3) is 0 Å². The van der Waals surface area contributed by atoms with Gasteiger partial charge in [0.2, 0.25) is 0 Å². The molecule has 1 amide bonds. The van der Waals surface area contributed by atoms with Gasteiger partial charge in [0.05, 0.1) is 6.54 Å². The number of rotatable bonds is 4. The maximum absolute atomic E-state index is 12.3. The van der Waals surface area contributed by atoms with Gasteiger partial charge >= 0.3 is 6.09 Å². The van der Waals surface area contributed by atoms with Crippen molar-refractivity contribution in [2.24, 2.45) is 0 Å². The molecule has 130 valence electrons. The lowest BCUT2D eigenvalue weighted by Crippen LogP contribution is -2.44. The van der Waals surface area contributed by atoms with Crippen LogP contribution < -0.4 is 5.32 Å². The zero-order valence-electron chi connectivity index (χ0n) is 14.3. The molecule has 23 heavy (non-hydrogen) atoms. The lowest BCUT2D eigenvalue weighted by Gasteiger charge is -2.28. The van der Waals surface area contributed by atoms with Crippen molar-refractivity contribution in [1.82, 2.24) is 10.2 Å². The normalized spacial score (nSPS) is 19.5. The van der Waals surface area contributed by atoms with Crippen molar-refractivity contribution in [3.63, 3.8) is 0 Å². The Morgan fingerprint density at radius 2 is 2.13 bits per heavy atom. The Hall–Kier alpha value is -1.53. The fourth-order valence-corrected chi connectivity index (χ4v) is 2.65. The van der Waals surface area contributed by atoms with E-state index in [0.717, 1.165) is 31.6 Å². The molecule has 6 heteroatoms. The van der Waals surface area contributed by atoms with Crippen molar-refractivity contribution >= 4 is 6.09 Å². The van der Waals surface area contributed by atoms with Gasteiger partial charge in [-0.2, -0.15) is 0 Å². The summed E-state index contributed by atoms with van der Waals surface area (Å²) in [7, 11) is 0. The zero-order valence-corrected chi connectivity index (χ0v) is 14.3. The van der Waals surface area contributed by atoms with Gasteiger partial charge in [-0.15, -0.1) is 0 Å². The summed E-state index contributed by atoms with van der Waals surface area (Å²) in [6.07, 6.45) is 2.85. The number of nitrogens with zero attached hydrogens (tertiary/aromatic N) is 1. The van der Waals surface area contributed by atoms with Crippen LogP contribution in [0.2, 0.25) is 0 Å². The van der Waals surface area contributed by atoms with Crippen LogP contribution in [0.3, 0.4) is 0 Å². The summed E-state index contributed by atoms with van der Waals surface area (Å²) in [5, 5.41) is 12.5. The molecule has 0 radical (unpaired) electrons. The van der Waals surface area contributed by atoms with E-state index in [1.54, 1.807) is 11.0 Å². The lowest BCUT2D eigenvalue weighted by atomic mass is 10.1. The van der Waals surface area contributed by atoms with Gasteiger partial charge in [-0.1, -0.05) is 6.42 Å². The second-order valence-electron chi connectivity index (χ2n) is 7.03. The Morgan fingerprint density at radius 3 is 2.78 bits per heavy atom. The van der Waals surface area contributed by atoms with E-state index in [1.807, 2.05) is 26.8 Å². The van der Waals surface area contributed by atoms with Crippen LogP contribution in [0, 0.1) is 0 Å². The van der Waals surface area contributed by atoms with E-state index in [9.17, 15) is 4.79 Å². The first-order valence-electron chi connectivity index (χ1n) is 8.27. The quantitative estimate of drug-likeness (QED) is 0.890. The number of furan rings is 1. The predicted octanol–water partition coefficient (Wildman–Crippen LogP) is 2.65. The number of carbonyl (C=O) groups excluding carboxylic acids is 1. The molecular weight excluding hydrogens is 296 g/mol. The van der Waals surface area contributed by atoms with E-state index in [-0.39, 0.29) is 18.7 Å². The summed E-state index contributed by atoms with van der Waals surface area (Å²) in [6, 6.07) is 3.85. The molecule has 0 spiro atoms. The van der Waals surface area contributed by atoms with Crippen molar-refractivity contribution in [3.8, 4) is 0 Å². The van der Waals surface area contributed by atoms with Gasteiger partial charge in [0, 0.05) is 19.1 Å². The molecule has 2 heterocycles. The Bertz CT molecular complexity index is 507. The molecule has 1 unspecified atom stereocenters. The third kappa shape index (κ3) is 5.88. The standard InChI is InChI=1S/C17H28N2O4/c1-17(2,3)23-16(21)19-9-5-4-6-13(11-19)18-10-14-7-8-15(12-20)22-14/h7-8,13,18,20H,4-6,9-12H2,1-3H3. The molecule has 2 N–H and O–H groups in total. The summed E-state index contributed by atoms with van der Waals surface area (Å²) in [5.41, 5.74) is -0.471. The van der Waals surface area contributed by atoms with Crippen molar-refractivity contribution in [3.05, 3.63) is 23.7 Å². The molecule has 0 aliphatic carbocycles. The van der Waals surface area contributed by atoms with Gasteiger partial charge < -0.3 is 24.5 Å². The van der Waals surface area contributed by atoms with Crippen molar-refractivity contribution in [1.29, 1.82) is 0 Å². The molecule has 1 atom stereocenters. The van der Waals surface area contributed by atoms with Crippen LogP contribution in [0.15, 0.2) is 16.5 Å². The highest BCUT2D eigenvalue weighted by Crippen LogP contribution is 2.16. The number of aliphatic hydroxyl groups is 1. The SMILES string of the molecule is CC(C)(C)OC(=O)N1CCCCC(NCc2ccc(CO)o2)C1. The number of amides is 1. The maximum Gasteiger partial charge on any atom is 0.410 e. The van der Waals surface area contributed by atoms with Crippen LogP contribution >= 0.6 is 0 Å². The average molecular weight is 324 g/mol. The molecule has 1 saturated heterocycles. The molecular formula is C17H28N2O4. The largest absolute Gasteiger partial charge is 0.462 e. The maximum atomic E-state index is 12.3. The zero-order chi connectivity index (χ0) is 16.9. The minimum atomic E-state index is -0.471. The highest BCUT2D eigenvalue weighted by atomic mass is 16.6. The number of aliphatic hydroxyl groups excluding tert-OH is 1. The van der Waals surface area contributed by atoms with Crippen LogP contribution in [0.25, 0.3) is 0 Å². The molecule has 2 rings (SSSR count). The number of hydrogen-bond acceptors (Lipinski definition) is 5. The molecule has 1 aliphatic rings. The molecule has 0 saturated carbocycles. The van der Waals surface area contributed by atoms with Crippen LogP contribution in [-0.4, -0.2) is 40.8 Å². The minimum absolute atomic E-state index is 0.0875. The minimum Gasteiger partial charge on any atom is -0.462 e. The number of nitrogens with one attached hydrogen (secondary N) is 1. The Kier molecular flexibility index (Phi) is 6.07. The van der Waals surface area contributed by atoms with Gasteiger partial charge in [-0.25, -0.2) is 4.79 Å². The Labute approximate surface area is 137 Å². The lowest BCUT2D eigenvalue weighted by molar-refractivity contribution is 0.0243. The fourth-order valence-electron chi connectivity index (χ4n) is 2.65. The number of likely N-dealkylation sites (tertiary alicyclic amines) is 1. The number of carbonyl (C=O) groups is 1. The van der Waals surface area contributed by atoms with Crippen LogP contribution in [0.4, 0.5) is 4.79 Å². The highest BCUT2D eigenvalue weighted by Gasteiger charge is 2.26. The Morgan fingerprint density at radius 1 is 1.39 bits per heavy atom. The first-order chi connectivity index (χ1) is 10.9. The number of ether oxygens (including phenoxy) is 1. The summed E-state index contributed by atoms with van der Waals surface area (Å²) in [5.74, 6) is 1.36. The molecule has 6 nitrogen and oxygen atoms in total. The van der Waals surface area contributed by atoms with E-state index in [0.29, 0.717) is 18.8 Å². The van der Waals surface area contributed by atoms with Crippen LogP contribution in [-0.2, 0) is 17.9 Å². The second kappa shape index (κ2) is 7.84. The first kappa shape index (κ1) is 17.8. The molecule has 1 aromatic heterocycles. The van der Waals surface area contributed by atoms with Crippen molar-refractivity contribution < 1.29 is 19.1 Å². The van der Waals surface area contributed by atoms with E-state index in [4.69, 9.17) is 14.3 Å². The van der Waals surface area contributed by atoms with Gasteiger partial charge in [0.15, 0.2) is 0 Å². The topological polar surface area (TPSA) is 74.9 Å². The molecule has 0 aromatic carbocycles. The summed E-state index contributed by atoms with van der Waals surface area (Å²) in [4.78, 5) is 14.0. The highest BCUT2D eigenvalue weighted by molar-refractivity contribution is 5.68. The average Bonchev–Trinajstić information content (AvgIpc) is 2.80. The van der Waals surface area contributed by atoms with Gasteiger partial charge in [0.1, 0.15) is 23.7 Å². The third-order valence-electron chi connectivity index (χ3n) is 3.76. The second-order valence-corrected chi connectivity index (χ2v) is 7.03. The van der Waals surface area contributed by atoms with E-state index in [1.165, 1.54) is 0 Å². The summed E-state index contributed by atoms with van der Waals surface area (Å²) in [6.45, 7) is 7.53. The van der Waals surface area contributed by atoms with Crippen LogP contribution in [0.1, 0.15) is 51.6 Å².